The number of esters is 1. The summed E-state index contributed by atoms with van der Waals surface area (Å²) < 4.78 is 5.00. The van der Waals surface area contributed by atoms with Gasteiger partial charge in [0.25, 0.3) is 0 Å². The van der Waals surface area contributed by atoms with Crippen molar-refractivity contribution in [1.29, 1.82) is 0 Å². The van der Waals surface area contributed by atoms with Crippen LogP contribution in [-0.4, -0.2) is 23.7 Å². The number of anilines is 1. The molecule has 1 atom stereocenters. The third-order valence-corrected chi connectivity index (χ3v) is 5.84. The lowest BCUT2D eigenvalue weighted by atomic mass is 9.88. The van der Waals surface area contributed by atoms with E-state index in [-0.39, 0.29) is 11.5 Å². The molecule has 0 saturated heterocycles. The Balaban J connectivity index is 2.27. The third kappa shape index (κ3) is 4.23. The van der Waals surface area contributed by atoms with Gasteiger partial charge in [0, 0.05) is 10.4 Å². The molecular weight excluding hydrogens is 328 g/mol. The lowest BCUT2D eigenvalue weighted by Gasteiger charge is -2.26. The van der Waals surface area contributed by atoms with Crippen molar-refractivity contribution in [1.82, 2.24) is 5.32 Å². The number of methoxy groups -OCH3 is 1. The number of thiocarbonyl (C=S) groups is 1. The first-order valence-electron chi connectivity index (χ1n) is 8.09. The first kappa shape index (κ1) is 18.2. The molecule has 128 valence electrons. The van der Waals surface area contributed by atoms with Gasteiger partial charge in [-0.2, -0.15) is 0 Å². The fourth-order valence-corrected chi connectivity index (χ4v) is 4.53. The predicted molar refractivity (Wildman–Crippen MR) is 101 cm³/mol. The van der Waals surface area contributed by atoms with Crippen molar-refractivity contribution in [3.05, 3.63) is 16.0 Å². The lowest BCUT2D eigenvalue weighted by Crippen LogP contribution is -2.44. The molecule has 0 amide bonds. The summed E-state index contributed by atoms with van der Waals surface area (Å²) in [7, 11) is 1.43. The third-order valence-electron chi connectivity index (χ3n) is 4.46. The van der Waals surface area contributed by atoms with E-state index in [9.17, 15) is 4.79 Å². The van der Waals surface area contributed by atoms with Crippen LogP contribution in [0.3, 0.4) is 0 Å². The zero-order valence-electron chi connectivity index (χ0n) is 14.5. The van der Waals surface area contributed by atoms with Crippen LogP contribution < -0.4 is 10.6 Å². The van der Waals surface area contributed by atoms with E-state index in [1.807, 2.05) is 0 Å². The first-order chi connectivity index (χ1) is 10.8. The van der Waals surface area contributed by atoms with Gasteiger partial charge in [0.05, 0.1) is 12.7 Å². The number of hydrogen-bond donors (Lipinski definition) is 2. The van der Waals surface area contributed by atoms with E-state index >= 15 is 0 Å². The predicted octanol–water partition coefficient (Wildman–Crippen LogP) is 4.13. The summed E-state index contributed by atoms with van der Waals surface area (Å²) in [5, 5.41) is 7.88. The summed E-state index contributed by atoms with van der Waals surface area (Å²) in [6.07, 6.45) is 4.02. The molecule has 0 bridgehead atoms. The Labute approximate surface area is 148 Å². The summed E-state index contributed by atoms with van der Waals surface area (Å²) in [4.78, 5) is 13.5. The Bertz CT molecular complexity index is 608. The molecule has 1 aliphatic rings. The minimum atomic E-state index is -0.280. The summed E-state index contributed by atoms with van der Waals surface area (Å²) in [5.41, 5.74) is 1.72. The van der Waals surface area contributed by atoms with Crippen molar-refractivity contribution in [3.63, 3.8) is 0 Å². The monoisotopic (exact) mass is 354 g/mol. The van der Waals surface area contributed by atoms with E-state index in [4.69, 9.17) is 17.0 Å². The van der Waals surface area contributed by atoms with Gasteiger partial charge in [-0.1, -0.05) is 13.8 Å². The minimum absolute atomic E-state index is 0.0824. The van der Waals surface area contributed by atoms with E-state index in [0.29, 0.717) is 16.6 Å². The number of nitrogens with one attached hydrogen (secondary N) is 2. The molecule has 23 heavy (non-hydrogen) atoms. The minimum Gasteiger partial charge on any atom is -0.465 e. The highest BCUT2D eigenvalue weighted by molar-refractivity contribution is 7.80. The molecule has 1 aromatic rings. The topological polar surface area (TPSA) is 50.4 Å². The molecule has 0 spiro atoms. The van der Waals surface area contributed by atoms with Crippen molar-refractivity contribution in [2.45, 2.75) is 58.9 Å². The summed E-state index contributed by atoms with van der Waals surface area (Å²) >= 11 is 7.06. The van der Waals surface area contributed by atoms with Crippen molar-refractivity contribution in [3.8, 4) is 0 Å². The molecule has 1 aliphatic carbocycles. The van der Waals surface area contributed by atoms with Gasteiger partial charge in [-0.3, -0.25) is 0 Å². The van der Waals surface area contributed by atoms with Gasteiger partial charge in [-0.05, 0) is 63.2 Å². The molecule has 0 fully saturated rings. The number of fused-ring (bicyclic) bond motifs is 1. The highest BCUT2D eigenvalue weighted by Crippen LogP contribution is 2.40. The number of hydrogen-bond acceptors (Lipinski definition) is 4. The van der Waals surface area contributed by atoms with Crippen LogP contribution in [0.5, 0.6) is 0 Å². The standard InChI is InChI=1S/C17H26N2O2S2/c1-6-17(3,4)19-16(22)18-14-13(15(20)21-5)11-8-7-10(2)9-12(11)23-14/h10H,6-9H2,1-5H3,(H2,18,19,22). The van der Waals surface area contributed by atoms with E-state index in [1.165, 1.54) is 12.0 Å². The maximum atomic E-state index is 12.3. The van der Waals surface area contributed by atoms with Gasteiger partial charge < -0.3 is 15.4 Å². The molecule has 6 heteroatoms. The molecular formula is C17H26N2O2S2. The quantitative estimate of drug-likeness (QED) is 0.629. The largest absolute Gasteiger partial charge is 0.465 e. The van der Waals surface area contributed by atoms with Crippen molar-refractivity contribution < 1.29 is 9.53 Å². The Morgan fingerprint density at radius 3 is 2.78 bits per heavy atom. The van der Waals surface area contributed by atoms with Gasteiger partial charge in [0.1, 0.15) is 5.00 Å². The van der Waals surface area contributed by atoms with Gasteiger partial charge >= 0.3 is 5.97 Å². The van der Waals surface area contributed by atoms with E-state index < -0.39 is 0 Å². The number of thiophene rings is 1. The van der Waals surface area contributed by atoms with E-state index in [0.717, 1.165) is 36.2 Å². The van der Waals surface area contributed by atoms with E-state index in [2.05, 4.69) is 38.3 Å². The highest BCUT2D eigenvalue weighted by Gasteiger charge is 2.29. The van der Waals surface area contributed by atoms with Crippen LogP contribution in [0.4, 0.5) is 5.00 Å². The number of carbonyl (C=O) groups is 1. The number of ether oxygens (including phenoxy) is 1. The zero-order valence-corrected chi connectivity index (χ0v) is 16.2. The molecule has 2 N–H and O–H groups in total. The van der Waals surface area contributed by atoms with Crippen LogP contribution in [0.1, 0.15) is 61.3 Å². The fraction of sp³-hybridized carbons (Fsp3) is 0.647. The van der Waals surface area contributed by atoms with Gasteiger partial charge in [-0.15, -0.1) is 11.3 Å². The molecule has 1 aromatic heterocycles. The maximum Gasteiger partial charge on any atom is 0.341 e. The number of carbonyl (C=O) groups excluding carboxylic acids is 1. The molecule has 0 saturated carbocycles. The van der Waals surface area contributed by atoms with Crippen LogP contribution in [0.15, 0.2) is 0 Å². The van der Waals surface area contributed by atoms with Gasteiger partial charge in [0.2, 0.25) is 0 Å². The van der Waals surface area contributed by atoms with Crippen LogP contribution in [0.2, 0.25) is 0 Å². The van der Waals surface area contributed by atoms with Crippen molar-refractivity contribution in [2.24, 2.45) is 5.92 Å². The molecule has 0 aromatic carbocycles. The fourth-order valence-electron chi connectivity index (χ4n) is 2.69. The SMILES string of the molecule is CCC(C)(C)NC(=S)Nc1sc2c(c1C(=O)OC)CCC(C)C2. The van der Waals surface area contributed by atoms with Crippen molar-refractivity contribution in [2.75, 3.05) is 12.4 Å². The molecule has 1 heterocycles. The first-order valence-corrected chi connectivity index (χ1v) is 9.32. The average Bonchev–Trinajstić information content (AvgIpc) is 2.82. The van der Waals surface area contributed by atoms with Crippen LogP contribution >= 0.6 is 23.6 Å². The maximum absolute atomic E-state index is 12.3. The molecule has 0 aliphatic heterocycles. The summed E-state index contributed by atoms with van der Waals surface area (Å²) in [6.45, 7) is 8.57. The number of rotatable bonds is 4. The Hall–Kier alpha value is -1.14. The van der Waals surface area contributed by atoms with Gasteiger partial charge in [0.15, 0.2) is 5.11 Å². The zero-order chi connectivity index (χ0) is 17.2. The second-order valence-corrected chi connectivity index (χ2v) is 8.38. The molecule has 0 radical (unpaired) electrons. The van der Waals surface area contributed by atoms with Gasteiger partial charge in [-0.25, -0.2) is 4.79 Å². The van der Waals surface area contributed by atoms with Crippen molar-refractivity contribution >= 4 is 39.6 Å². The smallest absolute Gasteiger partial charge is 0.341 e. The second kappa shape index (κ2) is 7.18. The normalized spacial score (nSPS) is 17.3. The second-order valence-electron chi connectivity index (χ2n) is 6.86. The lowest BCUT2D eigenvalue weighted by molar-refractivity contribution is 0.0601. The van der Waals surface area contributed by atoms with Crippen LogP contribution in [0, 0.1) is 5.92 Å². The molecule has 4 nitrogen and oxygen atoms in total. The molecule has 2 rings (SSSR count). The Morgan fingerprint density at radius 1 is 1.48 bits per heavy atom. The van der Waals surface area contributed by atoms with Crippen LogP contribution in [-0.2, 0) is 17.6 Å². The summed E-state index contributed by atoms with van der Waals surface area (Å²) in [6, 6.07) is 0. The summed E-state index contributed by atoms with van der Waals surface area (Å²) in [5.74, 6) is 0.376. The molecule has 1 unspecified atom stereocenters. The average molecular weight is 355 g/mol. The van der Waals surface area contributed by atoms with E-state index in [1.54, 1.807) is 11.3 Å². The highest BCUT2D eigenvalue weighted by atomic mass is 32.1. The Morgan fingerprint density at radius 2 is 2.17 bits per heavy atom. The van der Waals surface area contributed by atoms with Crippen LogP contribution in [0.25, 0.3) is 0 Å². The Kier molecular flexibility index (Phi) is 5.68.